The monoisotopic (exact) mass is 208 g/mol. The van der Waals surface area contributed by atoms with Crippen LogP contribution in [0.4, 0.5) is 0 Å². The van der Waals surface area contributed by atoms with E-state index >= 15 is 0 Å². The summed E-state index contributed by atoms with van der Waals surface area (Å²) in [6.45, 7) is 0.573. The smallest absolute Gasteiger partial charge is 0.160 e. The normalized spacial score (nSPS) is 38.3. The number of aliphatic hydroxyl groups is 1. The van der Waals surface area contributed by atoms with Gasteiger partial charge in [0.2, 0.25) is 0 Å². The Hall–Kier alpha value is -0.250. The highest BCUT2D eigenvalue weighted by Gasteiger charge is 2.45. The number of fused-ring (bicyclic) bond motifs is 1. The van der Waals surface area contributed by atoms with E-state index < -0.39 is 5.72 Å². The molecule has 2 aliphatic heterocycles. The lowest BCUT2D eigenvalue weighted by atomic mass is 10.2. The number of rotatable bonds is 0. The molecule has 3 nitrogen and oxygen atoms in total. The molecule has 0 spiro atoms. The van der Waals surface area contributed by atoms with Crippen LogP contribution in [0.5, 0.6) is 0 Å². The van der Waals surface area contributed by atoms with Crippen molar-refractivity contribution in [2.45, 2.75) is 17.5 Å². The molecule has 1 saturated heterocycles. The maximum Gasteiger partial charge on any atom is 0.160 e. The summed E-state index contributed by atoms with van der Waals surface area (Å²) in [7, 11) is 0. The quantitative estimate of drug-likeness (QED) is 0.583. The van der Waals surface area contributed by atoms with Crippen molar-refractivity contribution in [1.29, 1.82) is 5.41 Å². The first kappa shape index (κ1) is 9.84. The summed E-state index contributed by atoms with van der Waals surface area (Å²) in [6, 6.07) is 0. The molecule has 0 aromatic rings. The van der Waals surface area contributed by atoms with Gasteiger partial charge in [-0.3, -0.25) is 5.41 Å². The minimum absolute atomic E-state index is 0. The highest BCUT2D eigenvalue weighted by molar-refractivity contribution is 6.21. The summed E-state index contributed by atoms with van der Waals surface area (Å²) in [4.78, 5) is 1.62. The molecular formula is C7H10Cl2N2O. The molecule has 0 radical (unpaired) electrons. The zero-order valence-corrected chi connectivity index (χ0v) is 7.90. The van der Waals surface area contributed by atoms with Crippen molar-refractivity contribution in [3.8, 4) is 0 Å². The molecule has 12 heavy (non-hydrogen) atoms. The molecule has 0 unspecified atom stereocenters. The predicted molar refractivity (Wildman–Crippen MR) is 50.0 cm³/mol. The van der Waals surface area contributed by atoms with Gasteiger partial charge >= 0.3 is 0 Å². The lowest BCUT2D eigenvalue weighted by Gasteiger charge is -2.25. The molecule has 2 N–H and O–H groups in total. The molecule has 5 heteroatoms. The Labute approximate surface area is 81.9 Å². The molecule has 0 aliphatic carbocycles. The molecule has 68 valence electrons. The van der Waals surface area contributed by atoms with E-state index in [1.165, 1.54) is 0 Å². The topological polar surface area (TPSA) is 47.3 Å². The van der Waals surface area contributed by atoms with E-state index in [9.17, 15) is 5.11 Å². The standard InChI is InChI=1S/C7H9ClN2O.ClH/c8-5-3-7(11)2-1-6(9)10(7)4-5;/h1-2,5,9,11H,3-4H2;1H/t5-,7+;/m0./s1. The minimum Gasteiger partial charge on any atom is -0.367 e. The summed E-state index contributed by atoms with van der Waals surface area (Å²) in [5.41, 5.74) is -0.955. The van der Waals surface area contributed by atoms with Gasteiger partial charge in [0, 0.05) is 13.0 Å². The molecule has 2 rings (SSSR count). The number of amidine groups is 1. The van der Waals surface area contributed by atoms with Gasteiger partial charge in [0.05, 0.1) is 5.38 Å². The summed E-state index contributed by atoms with van der Waals surface area (Å²) in [5.74, 6) is 0.357. The van der Waals surface area contributed by atoms with Gasteiger partial charge in [-0.25, -0.2) is 0 Å². The minimum atomic E-state index is -0.955. The predicted octanol–water partition coefficient (Wildman–Crippen LogP) is 0.957. The maximum atomic E-state index is 9.79. The summed E-state index contributed by atoms with van der Waals surface area (Å²) < 4.78 is 0. The van der Waals surface area contributed by atoms with E-state index in [-0.39, 0.29) is 17.8 Å². The largest absolute Gasteiger partial charge is 0.367 e. The van der Waals surface area contributed by atoms with Gasteiger partial charge in [-0.15, -0.1) is 24.0 Å². The third-order valence-electron chi connectivity index (χ3n) is 2.17. The molecule has 1 fully saturated rings. The van der Waals surface area contributed by atoms with Crippen molar-refractivity contribution in [3.63, 3.8) is 0 Å². The van der Waals surface area contributed by atoms with Crippen LogP contribution in [0, 0.1) is 5.41 Å². The molecular weight excluding hydrogens is 199 g/mol. The summed E-state index contributed by atoms with van der Waals surface area (Å²) >= 11 is 5.84. The third kappa shape index (κ3) is 1.22. The van der Waals surface area contributed by atoms with E-state index in [0.717, 1.165) is 0 Å². The number of nitrogens with zero attached hydrogens (tertiary/aromatic N) is 1. The molecule has 0 bridgehead atoms. The fourth-order valence-corrected chi connectivity index (χ4v) is 1.99. The molecule has 0 amide bonds. The number of halogens is 2. The van der Waals surface area contributed by atoms with Crippen molar-refractivity contribution in [1.82, 2.24) is 4.90 Å². The second-order valence-corrected chi connectivity index (χ2v) is 3.63. The maximum absolute atomic E-state index is 9.79. The van der Waals surface area contributed by atoms with E-state index in [1.54, 1.807) is 17.1 Å². The Morgan fingerprint density at radius 1 is 1.75 bits per heavy atom. The van der Waals surface area contributed by atoms with Crippen molar-refractivity contribution in [2.24, 2.45) is 0 Å². The highest BCUT2D eigenvalue weighted by atomic mass is 35.5. The third-order valence-corrected chi connectivity index (χ3v) is 2.46. The zero-order chi connectivity index (χ0) is 8.06. The van der Waals surface area contributed by atoms with Crippen molar-refractivity contribution in [2.75, 3.05) is 6.54 Å². The van der Waals surface area contributed by atoms with Crippen LogP contribution in [0.1, 0.15) is 6.42 Å². The first-order chi connectivity index (χ1) is 5.12. The lowest BCUT2D eigenvalue weighted by Crippen LogP contribution is -2.40. The second kappa shape index (κ2) is 2.91. The fourth-order valence-electron chi connectivity index (χ4n) is 1.62. The van der Waals surface area contributed by atoms with Crippen LogP contribution in [0.3, 0.4) is 0 Å². The Bertz CT molecular complexity index is 244. The first-order valence-electron chi connectivity index (χ1n) is 3.54. The van der Waals surface area contributed by atoms with Crippen LogP contribution in [0.15, 0.2) is 12.2 Å². The average molecular weight is 209 g/mol. The molecule has 0 aromatic heterocycles. The highest BCUT2D eigenvalue weighted by Crippen LogP contribution is 2.34. The van der Waals surface area contributed by atoms with E-state index in [0.29, 0.717) is 18.8 Å². The lowest BCUT2D eigenvalue weighted by molar-refractivity contribution is 0.0111. The van der Waals surface area contributed by atoms with E-state index in [4.69, 9.17) is 17.0 Å². The Morgan fingerprint density at radius 3 is 3.00 bits per heavy atom. The molecule has 0 saturated carbocycles. The van der Waals surface area contributed by atoms with Crippen molar-refractivity contribution < 1.29 is 5.11 Å². The van der Waals surface area contributed by atoms with Gasteiger partial charge in [0.1, 0.15) is 5.84 Å². The van der Waals surface area contributed by atoms with Gasteiger partial charge in [-0.2, -0.15) is 0 Å². The van der Waals surface area contributed by atoms with Crippen LogP contribution in [-0.4, -0.2) is 33.5 Å². The summed E-state index contributed by atoms with van der Waals surface area (Å²) in [5, 5.41) is 17.2. The first-order valence-corrected chi connectivity index (χ1v) is 3.97. The van der Waals surface area contributed by atoms with Gasteiger partial charge in [0.15, 0.2) is 5.72 Å². The van der Waals surface area contributed by atoms with Gasteiger partial charge in [-0.05, 0) is 12.2 Å². The van der Waals surface area contributed by atoms with Crippen LogP contribution in [0.2, 0.25) is 0 Å². The molecule has 0 aromatic carbocycles. The SMILES string of the molecule is Cl.N=C1C=C[C@@]2(O)C[C@H](Cl)CN12. The number of alkyl halides is 1. The number of nitrogens with one attached hydrogen (secondary N) is 1. The van der Waals surface area contributed by atoms with Crippen LogP contribution in [0.25, 0.3) is 0 Å². The second-order valence-electron chi connectivity index (χ2n) is 3.01. The number of hydrogen-bond acceptors (Lipinski definition) is 2. The fraction of sp³-hybridized carbons (Fsp3) is 0.571. The molecule has 2 atom stereocenters. The van der Waals surface area contributed by atoms with Crippen LogP contribution in [-0.2, 0) is 0 Å². The van der Waals surface area contributed by atoms with Crippen molar-refractivity contribution in [3.05, 3.63) is 12.2 Å². The number of hydrogen-bond donors (Lipinski definition) is 2. The van der Waals surface area contributed by atoms with Gasteiger partial charge in [-0.1, -0.05) is 0 Å². The van der Waals surface area contributed by atoms with Crippen LogP contribution < -0.4 is 0 Å². The molecule has 2 heterocycles. The van der Waals surface area contributed by atoms with E-state index in [1.807, 2.05) is 0 Å². The van der Waals surface area contributed by atoms with Crippen LogP contribution >= 0.6 is 24.0 Å². The molecule has 2 aliphatic rings. The Kier molecular flexibility index (Phi) is 2.38. The van der Waals surface area contributed by atoms with Gasteiger partial charge < -0.3 is 10.0 Å². The zero-order valence-electron chi connectivity index (χ0n) is 6.33. The van der Waals surface area contributed by atoms with Crippen molar-refractivity contribution >= 4 is 29.8 Å². The Balaban J connectivity index is 0.000000720. The van der Waals surface area contributed by atoms with Gasteiger partial charge in [0.25, 0.3) is 0 Å². The Morgan fingerprint density at radius 2 is 2.42 bits per heavy atom. The summed E-state index contributed by atoms with van der Waals surface area (Å²) in [6.07, 6.45) is 3.77. The average Bonchev–Trinajstić information content (AvgIpc) is 2.32. The van der Waals surface area contributed by atoms with E-state index in [2.05, 4.69) is 0 Å².